The Morgan fingerprint density at radius 2 is 1.76 bits per heavy atom. The van der Waals surface area contributed by atoms with Crippen LogP contribution in [0.1, 0.15) is 19.4 Å². The van der Waals surface area contributed by atoms with Gasteiger partial charge in [0.25, 0.3) is 0 Å². The average Bonchev–Trinajstić information content (AvgIpc) is 2.35. The lowest BCUT2D eigenvalue weighted by molar-refractivity contribution is 0.274. The lowest BCUT2D eigenvalue weighted by Crippen LogP contribution is -2.05. The quantitative estimate of drug-likeness (QED) is 0.872. The van der Waals surface area contributed by atoms with Gasteiger partial charge in [-0.15, -0.1) is 0 Å². The summed E-state index contributed by atoms with van der Waals surface area (Å²) in [5.74, 6) is 1.48. The van der Waals surface area contributed by atoms with Crippen LogP contribution in [-0.2, 0) is 6.54 Å². The summed E-state index contributed by atoms with van der Waals surface area (Å²) in [4.78, 5) is 0. The van der Waals surface area contributed by atoms with Crippen molar-refractivity contribution in [2.45, 2.75) is 20.4 Å². The van der Waals surface area contributed by atoms with Gasteiger partial charge in [0, 0.05) is 11.9 Å². The van der Waals surface area contributed by atoms with E-state index in [0.29, 0.717) is 12.5 Å². The number of hydrogen-bond acceptors (Lipinski definition) is 2. The molecule has 0 atom stereocenters. The second kappa shape index (κ2) is 5.19. The molecule has 2 rings (SSSR count). The molecular weight excluding hydrogens is 210 g/mol. The standard InChI is InChI=1S/C15H19NO/c1-11(2)10-17-15-8-7-12(9-16)13-5-3-4-6-14(13)15/h3-8,11H,9-10,16H2,1-2H3. The summed E-state index contributed by atoms with van der Waals surface area (Å²) < 4.78 is 5.84. The molecule has 2 aromatic carbocycles. The first-order chi connectivity index (χ1) is 8.22. The minimum Gasteiger partial charge on any atom is -0.493 e. The van der Waals surface area contributed by atoms with Gasteiger partial charge in [-0.05, 0) is 22.9 Å². The number of fused-ring (bicyclic) bond motifs is 1. The van der Waals surface area contributed by atoms with Gasteiger partial charge in [-0.2, -0.15) is 0 Å². The molecule has 0 spiro atoms. The van der Waals surface area contributed by atoms with Crippen LogP contribution in [0.15, 0.2) is 36.4 Å². The zero-order valence-electron chi connectivity index (χ0n) is 10.4. The van der Waals surface area contributed by atoms with E-state index in [9.17, 15) is 0 Å². The van der Waals surface area contributed by atoms with Crippen molar-refractivity contribution in [3.63, 3.8) is 0 Å². The van der Waals surface area contributed by atoms with Crippen molar-refractivity contribution < 1.29 is 4.74 Å². The third-order valence-electron chi connectivity index (χ3n) is 2.77. The topological polar surface area (TPSA) is 35.2 Å². The monoisotopic (exact) mass is 229 g/mol. The zero-order valence-corrected chi connectivity index (χ0v) is 10.4. The lowest BCUT2D eigenvalue weighted by atomic mass is 10.0. The predicted octanol–water partition coefficient (Wildman–Crippen LogP) is 3.33. The largest absolute Gasteiger partial charge is 0.493 e. The van der Waals surface area contributed by atoms with E-state index in [2.05, 4.69) is 32.0 Å². The molecule has 90 valence electrons. The Bertz CT molecular complexity index is 505. The molecule has 2 nitrogen and oxygen atoms in total. The van der Waals surface area contributed by atoms with Crippen molar-refractivity contribution in [2.24, 2.45) is 11.7 Å². The molecule has 0 aliphatic heterocycles. The Hall–Kier alpha value is -1.54. The summed E-state index contributed by atoms with van der Waals surface area (Å²) >= 11 is 0. The van der Waals surface area contributed by atoms with Gasteiger partial charge in [0.15, 0.2) is 0 Å². The van der Waals surface area contributed by atoms with Crippen LogP contribution >= 0.6 is 0 Å². The van der Waals surface area contributed by atoms with Gasteiger partial charge in [-0.1, -0.05) is 44.2 Å². The van der Waals surface area contributed by atoms with Gasteiger partial charge in [0.2, 0.25) is 0 Å². The molecule has 0 aliphatic rings. The van der Waals surface area contributed by atoms with Crippen LogP contribution < -0.4 is 10.5 Å². The summed E-state index contributed by atoms with van der Waals surface area (Å²) in [5, 5.41) is 2.34. The Kier molecular flexibility index (Phi) is 3.64. The van der Waals surface area contributed by atoms with Crippen molar-refractivity contribution in [1.29, 1.82) is 0 Å². The highest BCUT2D eigenvalue weighted by Crippen LogP contribution is 2.28. The van der Waals surface area contributed by atoms with Crippen LogP contribution in [0.25, 0.3) is 10.8 Å². The Labute approximate surface area is 102 Å². The molecule has 0 saturated heterocycles. The molecule has 0 heterocycles. The van der Waals surface area contributed by atoms with Crippen molar-refractivity contribution in [2.75, 3.05) is 6.61 Å². The highest BCUT2D eigenvalue weighted by molar-refractivity contribution is 5.91. The summed E-state index contributed by atoms with van der Waals surface area (Å²) in [6.07, 6.45) is 0. The van der Waals surface area contributed by atoms with E-state index < -0.39 is 0 Å². The van der Waals surface area contributed by atoms with E-state index >= 15 is 0 Å². The molecular formula is C15H19NO. The van der Waals surface area contributed by atoms with Crippen molar-refractivity contribution >= 4 is 10.8 Å². The molecule has 2 heteroatoms. The highest BCUT2D eigenvalue weighted by Gasteiger charge is 2.06. The number of nitrogens with two attached hydrogens (primary N) is 1. The van der Waals surface area contributed by atoms with Gasteiger partial charge >= 0.3 is 0 Å². The minimum absolute atomic E-state index is 0.531. The highest BCUT2D eigenvalue weighted by atomic mass is 16.5. The number of rotatable bonds is 4. The first-order valence-corrected chi connectivity index (χ1v) is 6.06. The summed E-state index contributed by atoms with van der Waals surface area (Å²) in [6, 6.07) is 12.3. The van der Waals surface area contributed by atoms with Crippen LogP contribution in [0.2, 0.25) is 0 Å². The molecule has 0 amide bonds. The van der Waals surface area contributed by atoms with Crippen LogP contribution in [0.5, 0.6) is 5.75 Å². The Balaban J connectivity index is 2.43. The fraction of sp³-hybridized carbons (Fsp3) is 0.333. The Morgan fingerprint density at radius 3 is 2.41 bits per heavy atom. The van der Waals surface area contributed by atoms with E-state index in [0.717, 1.165) is 23.3 Å². The summed E-state index contributed by atoms with van der Waals surface area (Å²) in [5.41, 5.74) is 6.91. The van der Waals surface area contributed by atoms with Gasteiger partial charge in [0.05, 0.1) is 6.61 Å². The fourth-order valence-electron chi connectivity index (χ4n) is 1.89. The van der Waals surface area contributed by atoms with Crippen LogP contribution in [0.3, 0.4) is 0 Å². The van der Waals surface area contributed by atoms with Gasteiger partial charge in [-0.25, -0.2) is 0 Å². The second-order valence-corrected chi connectivity index (χ2v) is 4.68. The van der Waals surface area contributed by atoms with E-state index in [1.807, 2.05) is 18.2 Å². The average molecular weight is 229 g/mol. The maximum Gasteiger partial charge on any atom is 0.127 e. The minimum atomic E-state index is 0.531. The van der Waals surface area contributed by atoms with E-state index in [4.69, 9.17) is 10.5 Å². The molecule has 0 bridgehead atoms. The molecule has 0 saturated carbocycles. The number of benzene rings is 2. The SMILES string of the molecule is CC(C)COc1ccc(CN)c2ccccc12. The van der Waals surface area contributed by atoms with Gasteiger partial charge in [0.1, 0.15) is 5.75 Å². The van der Waals surface area contributed by atoms with E-state index in [1.165, 1.54) is 5.39 Å². The maximum absolute atomic E-state index is 5.84. The van der Waals surface area contributed by atoms with Gasteiger partial charge < -0.3 is 10.5 Å². The molecule has 2 N–H and O–H groups in total. The maximum atomic E-state index is 5.84. The van der Waals surface area contributed by atoms with E-state index in [-0.39, 0.29) is 0 Å². The molecule has 0 radical (unpaired) electrons. The summed E-state index contributed by atoms with van der Waals surface area (Å²) in [7, 11) is 0. The van der Waals surface area contributed by atoms with Crippen molar-refractivity contribution in [3.8, 4) is 5.75 Å². The van der Waals surface area contributed by atoms with Crippen LogP contribution in [0, 0.1) is 5.92 Å². The van der Waals surface area contributed by atoms with Crippen LogP contribution in [0.4, 0.5) is 0 Å². The Morgan fingerprint density at radius 1 is 1.06 bits per heavy atom. The zero-order chi connectivity index (χ0) is 12.3. The normalized spacial score (nSPS) is 11.1. The summed E-state index contributed by atoms with van der Waals surface area (Å²) in [6.45, 7) is 5.60. The lowest BCUT2D eigenvalue weighted by Gasteiger charge is -2.13. The molecule has 0 aromatic heterocycles. The van der Waals surface area contributed by atoms with Crippen molar-refractivity contribution in [1.82, 2.24) is 0 Å². The number of hydrogen-bond donors (Lipinski definition) is 1. The van der Waals surface area contributed by atoms with Gasteiger partial charge in [-0.3, -0.25) is 0 Å². The smallest absolute Gasteiger partial charge is 0.127 e. The third kappa shape index (κ3) is 2.59. The van der Waals surface area contributed by atoms with E-state index in [1.54, 1.807) is 0 Å². The molecule has 17 heavy (non-hydrogen) atoms. The first-order valence-electron chi connectivity index (χ1n) is 6.06. The third-order valence-corrected chi connectivity index (χ3v) is 2.77. The van der Waals surface area contributed by atoms with Crippen molar-refractivity contribution in [3.05, 3.63) is 42.0 Å². The number of ether oxygens (including phenoxy) is 1. The molecule has 0 fully saturated rings. The first kappa shape index (κ1) is 11.9. The molecule has 2 aromatic rings. The second-order valence-electron chi connectivity index (χ2n) is 4.68. The van der Waals surface area contributed by atoms with Crippen LogP contribution in [-0.4, -0.2) is 6.61 Å². The molecule has 0 unspecified atom stereocenters. The fourth-order valence-corrected chi connectivity index (χ4v) is 1.89. The predicted molar refractivity (Wildman–Crippen MR) is 72.2 cm³/mol. The molecule has 0 aliphatic carbocycles.